The highest BCUT2D eigenvalue weighted by molar-refractivity contribution is 5.81. The van der Waals surface area contributed by atoms with Gasteiger partial charge in [0.2, 0.25) is 5.91 Å². The normalized spacial score (nSPS) is 26.8. The number of likely N-dealkylation sites (tertiary alicyclic amines) is 1. The monoisotopic (exact) mass is 358 g/mol. The Kier molecular flexibility index (Phi) is 7.06. The Morgan fingerprint density at radius 3 is 2.73 bits per heavy atom. The van der Waals surface area contributed by atoms with Gasteiger partial charge < -0.3 is 4.90 Å². The van der Waals surface area contributed by atoms with Crippen molar-refractivity contribution in [2.45, 2.75) is 70.1 Å². The number of hydrogen-bond acceptors (Lipinski definition) is 4. The minimum Gasteiger partial charge on any atom is -0.343 e. The third kappa shape index (κ3) is 5.06. The molecule has 2 N–H and O–H groups in total. The number of amides is 1. The molecule has 0 radical (unpaired) electrons. The Hall–Kier alpha value is -1.43. The zero-order chi connectivity index (χ0) is 18.4. The van der Waals surface area contributed by atoms with Crippen LogP contribution in [-0.4, -0.2) is 54.0 Å². The summed E-state index contributed by atoms with van der Waals surface area (Å²) in [6.45, 7) is 4.88. The van der Waals surface area contributed by atoms with Crippen LogP contribution in [0, 0.1) is 0 Å². The summed E-state index contributed by atoms with van der Waals surface area (Å²) < 4.78 is 0. The van der Waals surface area contributed by atoms with Crippen molar-refractivity contribution in [3.8, 4) is 0 Å². The second-order valence-corrected chi connectivity index (χ2v) is 7.89. The minimum absolute atomic E-state index is 0.0229. The predicted molar refractivity (Wildman–Crippen MR) is 106 cm³/mol. The third-order valence-electron chi connectivity index (χ3n) is 5.70. The van der Waals surface area contributed by atoms with Crippen molar-refractivity contribution in [1.82, 2.24) is 20.7 Å². The average Bonchev–Trinajstić information content (AvgIpc) is 3.10. The molecule has 5 nitrogen and oxygen atoms in total. The van der Waals surface area contributed by atoms with Crippen LogP contribution in [0.15, 0.2) is 30.3 Å². The number of benzene rings is 1. The Bertz CT molecular complexity index is 564. The van der Waals surface area contributed by atoms with Crippen molar-refractivity contribution >= 4 is 5.91 Å². The predicted octanol–water partition coefficient (Wildman–Crippen LogP) is 2.53. The van der Waals surface area contributed by atoms with Crippen LogP contribution in [0.25, 0.3) is 0 Å². The van der Waals surface area contributed by atoms with Crippen LogP contribution in [0.2, 0.25) is 0 Å². The van der Waals surface area contributed by atoms with Crippen molar-refractivity contribution < 1.29 is 4.79 Å². The third-order valence-corrected chi connectivity index (χ3v) is 5.70. The zero-order valence-electron chi connectivity index (χ0n) is 16.3. The molecule has 3 rings (SSSR count). The molecule has 2 fully saturated rings. The quantitative estimate of drug-likeness (QED) is 0.786. The first-order chi connectivity index (χ1) is 12.7. The van der Waals surface area contributed by atoms with Gasteiger partial charge in [0.1, 0.15) is 0 Å². The van der Waals surface area contributed by atoms with Crippen LogP contribution in [0.1, 0.15) is 51.0 Å². The molecule has 3 atom stereocenters. The molecular formula is C21H34N4O. The van der Waals surface area contributed by atoms with Gasteiger partial charge in [-0.05, 0) is 37.8 Å². The standard InChI is InChI=1S/C21H34N4O/c1-3-9-18-14-19(23-22-18)16-24(2)21(26)20-12-7-8-13-25(20)15-17-10-5-4-6-11-17/h4-6,10-11,18-20,22-23H,3,7-9,12-16H2,1-2H3. The number of rotatable bonds is 7. The number of hydrazine groups is 1. The van der Waals surface area contributed by atoms with E-state index in [0.717, 1.165) is 38.9 Å². The van der Waals surface area contributed by atoms with Gasteiger partial charge in [0.05, 0.1) is 6.04 Å². The molecule has 26 heavy (non-hydrogen) atoms. The summed E-state index contributed by atoms with van der Waals surface area (Å²) in [6, 6.07) is 11.4. The molecule has 2 aliphatic rings. The number of carbonyl (C=O) groups excluding carboxylic acids is 1. The van der Waals surface area contributed by atoms with E-state index >= 15 is 0 Å². The van der Waals surface area contributed by atoms with Gasteiger partial charge in [-0.25, -0.2) is 0 Å². The summed E-state index contributed by atoms with van der Waals surface area (Å²) in [5.74, 6) is 0.279. The molecule has 2 saturated heterocycles. The number of nitrogens with one attached hydrogen (secondary N) is 2. The number of hydrogen-bond donors (Lipinski definition) is 2. The molecule has 0 spiro atoms. The van der Waals surface area contributed by atoms with Gasteiger partial charge in [-0.1, -0.05) is 50.1 Å². The summed E-state index contributed by atoms with van der Waals surface area (Å²) in [5, 5.41) is 0. The van der Waals surface area contributed by atoms with Crippen LogP contribution in [-0.2, 0) is 11.3 Å². The molecule has 1 aromatic carbocycles. The lowest BCUT2D eigenvalue weighted by Gasteiger charge is -2.37. The van der Waals surface area contributed by atoms with E-state index in [2.05, 4.69) is 46.9 Å². The first-order valence-electron chi connectivity index (χ1n) is 10.2. The summed E-state index contributed by atoms with van der Waals surface area (Å²) in [6.07, 6.45) is 6.80. The van der Waals surface area contributed by atoms with Crippen molar-refractivity contribution in [3.63, 3.8) is 0 Å². The molecule has 0 bridgehead atoms. The minimum atomic E-state index is 0.0229. The summed E-state index contributed by atoms with van der Waals surface area (Å²) >= 11 is 0. The smallest absolute Gasteiger partial charge is 0.239 e. The van der Waals surface area contributed by atoms with Crippen LogP contribution in [0.3, 0.4) is 0 Å². The Morgan fingerprint density at radius 2 is 1.96 bits per heavy atom. The molecule has 3 unspecified atom stereocenters. The summed E-state index contributed by atoms with van der Waals surface area (Å²) in [4.78, 5) is 17.4. The van der Waals surface area contributed by atoms with Crippen LogP contribution < -0.4 is 10.9 Å². The zero-order valence-corrected chi connectivity index (χ0v) is 16.3. The van der Waals surface area contributed by atoms with Crippen molar-refractivity contribution in [2.24, 2.45) is 0 Å². The molecular weight excluding hydrogens is 324 g/mol. The number of piperidine rings is 1. The van der Waals surface area contributed by atoms with E-state index < -0.39 is 0 Å². The molecule has 0 saturated carbocycles. The molecule has 0 aromatic heterocycles. The maximum Gasteiger partial charge on any atom is 0.239 e. The molecule has 2 aliphatic heterocycles. The maximum absolute atomic E-state index is 13.1. The van der Waals surface area contributed by atoms with Crippen molar-refractivity contribution in [1.29, 1.82) is 0 Å². The maximum atomic E-state index is 13.1. The van der Waals surface area contributed by atoms with E-state index in [4.69, 9.17) is 0 Å². The fourth-order valence-electron chi connectivity index (χ4n) is 4.31. The molecule has 5 heteroatoms. The first kappa shape index (κ1) is 19.3. The fraction of sp³-hybridized carbons (Fsp3) is 0.667. The van der Waals surface area contributed by atoms with Gasteiger partial charge in [0, 0.05) is 32.2 Å². The van der Waals surface area contributed by atoms with Gasteiger partial charge in [-0.3, -0.25) is 20.5 Å². The lowest BCUT2D eigenvalue weighted by Crippen LogP contribution is -2.51. The second-order valence-electron chi connectivity index (χ2n) is 7.89. The molecule has 1 aromatic rings. The van der Waals surface area contributed by atoms with Crippen molar-refractivity contribution in [3.05, 3.63) is 35.9 Å². The molecule has 1 amide bonds. The van der Waals surface area contributed by atoms with Gasteiger partial charge in [-0.15, -0.1) is 0 Å². The number of nitrogens with zero attached hydrogens (tertiary/aromatic N) is 2. The SMILES string of the molecule is CCCC1CC(CN(C)C(=O)C2CCCCN2Cc2ccccc2)NN1. The van der Waals surface area contributed by atoms with Crippen molar-refractivity contribution in [2.75, 3.05) is 20.1 Å². The number of likely N-dealkylation sites (N-methyl/N-ethyl adjacent to an activating group) is 1. The van der Waals surface area contributed by atoms with Gasteiger partial charge in [-0.2, -0.15) is 0 Å². The van der Waals surface area contributed by atoms with E-state index in [-0.39, 0.29) is 11.9 Å². The van der Waals surface area contributed by atoms with Gasteiger partial charge >= 0.3 is 0 Å². The molecule has 2 heterocycles. The largest absolute Gasteiger partial charge is 0.343 e. The highest BCUT2D eigenvalue weighted by Gasteiger charge is 2.32. The lowest BCUT2D eigenvalue weighted by atomic mass is 9.99. The second kappa shape index (κ2) is 9.49. The highest BCUT2D eigenvalue weighted by Crippen LogP contribution is 2.22. The Morgan fingerprint density at radius 1 is 1.19 bits per heavy atom. The topological polar surface area (TPSA) is 47.6 Å². The van der Waals surface area contributed by atoms with E-state index in [1.54, 1.807) is 0 Å². The Labute approximate surface area is 158 Å². The molecule has 0 aliphatic carbocycles. The number of carbonyl (C=O) groups is 1. The summed E-state index contributed by atoms with van der Waals surface area (Å²) in [5.41, 5.74) is 8.04. The van der Waals surface area contributed by atoms with E-state index in [1.165, 1.54) is 24.8 Å². The van der Waals surface area contributed by atoms with Crippen LogP contribution >= 0.6 is 0 Å². The van der Waals surface area contributed by atoms with Crippen LogP contribution in [0.5, 0.6) is 0 Å². The van der Waals surface area contributed by atoms with Crippen LogP contribution in [0.4, 0.5) is 0 Å². The average molecular weight is 359 g/mol. The van der Waals surface area contributed by atoms with E-state index in [1.807, 2.05) is 18.0 Å². The summed E-state index contributed by atoms with van der Waals surface area (Å²) in [7, 11) is 1.96. The van der Waals surface area contributed by atoms with E-state index in [9.17, 15) is 4.79 Å². The van der Waals surface area contributed by atoms with Gasteiger partial charge in [0.25, 0.3) is 0 Å². The Balaban J connectivity index is 1.55. The lowest BCUT2D eigenvalue weighted by molar-refractivity contribution is -0.137. The van der Waals surface area contributed by atoms with Gasteiger partial charge in [0.15, 0.2) is 0 Å². The van der Waals surface area contributed by atoms with E-state index in [0.29, 0.717) is 12.1 Å². The highest BCUT2D eigenvalue weighted by atomic mass is 16.2. The fourth-order valence-corrected chi connectivity index (χ4v) is 4.31. The first-order valence-corrected chi connectivity index (χ1v) is 10.2. The molecule has 144 valence electrons.